The lowest BCUT2D eigenvalue weighted by Crippen LogP contribution is -2.12. The van der Waals surface area contributed by atoms with Gasteiger partial charge in [0.15, 0.2) is 15.6 Å². The van der Waals surface area contributed by atoms with E-state index in [4.69, 9.17) is 28.0 Å². The summed E-state index contributed by atoms with van der Waals surface area (Å²) in [6.07, 6.45) is 2.83. The van der Waals surface area contributed by atoms with Gasteiger partial charge in [-0.3, -0.25) is 9.48 Å². The van der Waals surface area contributed by atoms with Gasteiger partial charge in [0.2, 0.25) is 0 Å². The highest BCUT2D eigenvalue weighted by Gasteiger charge is 2.28. The van der Waals surface area contributed by atoms with Gasteiger partial charge in [-0.05, 0) is 19.1 Å². The third kappa shape index (κ3) is 3.24. The lowest BCUT2D eigenvalue weighted by molar-refractivity contribution is 0.103. The highest BCUT2D eigenvalue weighted by molar-refractivity contribution is 7.90. The van der Waals surface area contributed by atoms with Gasteiger partial charge in [0.25, 0.3) is 0 Å². The summed E-state index contributed by atoms with van der Waals surface area (Å²) in [5.74, 6) is -0.444. The number of aryl methyl sites for hydroxylation is 1. The first kappa shape index (κ1) is 18.9. The number of halogens is 2. The first-order valence-corrected chi connectivity index (χ1v) is 10.4. The summed E-state index contributed by atoms with van der Waals surface area (Å²) in [6, 6.07) is 2.73. The minimum atomic E-state index is -3.58. The van der Waals surface area contributed by atoms with Crippen LogP contribution in [0.15, 0.2) is 28.4 Å². The molecule has 0 fully saturated rings. The van der Waals surface area contributed by atoms with E-state index in [1.54, 1.807) is 0 Å². The second kappa shape index (κ2) is 7.02. The molecule has 2 aromatic rings. The quantitative estimate of drug-likeness (QED) is 0.699. The van der Waals surface area contributed by atoms with Crippen LogP contribution in [0, 0.1) is 0 Å². The molecule has 0 N–H and O–H groups in total. The molecular weight excluding hydrogens is 401 g/mol. The molecule has 0 saturated heterocycles. The molecule has 1 aromatic carbocycles. The highest BCUT2D eigenvalue weighted by atomic mass is 35.5. The Bertz CT molecular complexity index is 1030. The first-order chi connectivity index (χ1) is 12.3. The lowest BCUT2D eigenvalue weighted by Gasteiger charge is -2.12. The Kier molecular flexibility index (Phi) is 5.09. The molecule has 0 atom stereocenters. The highest BCUT2D eigenvalue weighted by Crippen LogP contribution is 2.33. The van der Waals surface area contributed by atoms with Crippen molar-refractivity contribution in [2.45, 2.75) is 24.8 Å². The average molecular weight is 416 g/mol. The Morgan fingerprint density at radius 1 is 1.31 bits per heavy atom. The maximum absolute atomic E-state index is 12.9. The maximum atomic E-state index is 12.9. The molecular formula is C16H15Cl2N3O4S. The van der Waals surface area contributed by atoms with E-state index in [9.17, 15) is 13.2 Å². The molecule has 0 spiro atoms. The van der Waals surface area contributed by atoms with Crippen molar-refractivity contribution in [2.24, 2.45) is 5.16 Å². The van der Waals surface area contributed by atoms with Crippen molar-refractivity contribution in [3.63, 3.8) is 0 Å². The second-order valence-electron chi connectivity index (χ2n) is 5.69. The number of nitrogens with zero attached hydrogens (tertiary/aromatic N) is 3. The average Bonchev–Trinajstić information content (AvgIpc) is 3.22. The lowest BCUT2D eigenvalue weighted by atomic mass is 10.00. The molecule has 0 saturated carbocycles. The molecule has 10 heteroatoms. The first-order valence-electron chi connectivity index (χ1n) is 7.73. The summed E-state index contributed by atoms with van der Waals surface area (Å²) in [5, 5.41) is 8.11. The van der Waals surface area contributed by atoms with Crippen molar-refractivity contribution < 1.29 is 18.0 Å². The number of hydrogen-bond donors (Lipinski definition) is 0. The monoisotopic (exact) mass is 415 g/mol. The summed E-state index contributed by atoms with van der Waals surface area (Å²) in [4.78, 5) is 17.9. The molecule has 1 aliphatic heterocycles. The molecule has 1 aromatic heterocycles. The summed E-state index contributed by atoms with van der Waals surface area (Å²) in [7, 11) is -3.58. The van der Waals surface area contributed by atoms with Gasteiger partial charge in [-0.2, -0.15) is 5.10 Å². The summed E-state index contributed by atoms with van der Waals surface area (Å²) >= 11 is 12.6. The van der Waals surface area contributed by atoms with Crippen LogP contribution in [0.2, 0.25) is 10.2 Å². The van der Waals surface area contributed by atoms with Crippen molar-refractivity contribution in [2.75, 3.05) is 12.9 Å². The minimum absolute atomic E-state index is 0.00125. The van der Waals surface area contributed by atoms with Crippen LogP contribution >= 0.6 is 23.2 Å². The van der Waals surface area contributed by atoms with Crippen LogP contribution in [0.4, 0.5) is 0 Å². The predicted molar refractivity (Wildman–Crippen MR) is 98.0 cm³/mol. The number of hydrogen-bond acceptors (Lipinski definition) is 6. The van der Waals surface area contributed by atoms with E-state index in [1.165, 1.54) is 23.0 Å². The molecule has 138 valence electrons. The SMILES string of the molecule is CCn1ncc(C(=O)c2ccc(S(C)(=O)=O)c(C3=NOCC3)c2Cl)c1Cl. The van der Waals surface area contributed by atoms with Crippen LogP contribution < -0.4 is 0 Å². The van der Waals surface area contributed by atoms with Crippen LogP contribution in [-0.4, -0.2) is 42.6 Å². The third-order valence-corrected chi connectivity index (χ3v) is 5.89. The van der Waals surface area contributed by atoms with E-state index in [-0.39, 0.29) is 31.8 Å². The number of benzene rings is 1. The molecule has 0 aliphatic carbocycles. The van der Waals surface area contributed by atoms with Crippen molar-refractivity contribution in [1.29, 1.82) is 0 Å². The van der Waals surface area contributed by atoms with Crippen LogP contribution in [0.25, 0.3) is 0 Å². The standard InChI is InChI=1S/C16H15Cl2N3O4S/c1-3-21-16(18)10(8-19-21)15(22)9-4-5-12(26(2,23)24)13(14(9)17)11-6-7-25-20-11/h4-5,8H,3,6-7H2,1-2H3. The zero-order chi connectivity index (χ0) is 19.1. The molecule has 3 rings (SSSR count). The Labute approximate surface area is 160 Å². The van der Waals surface area contributed by atoms with Gasteiger partial charge in [0.05, 0.1) is 27.4 Å². The fraction of sp³-hybridized carbons (Fsp3) is 0.312. The number of ketones is 1. The maximum Gasteiger partial charge on any atom is 0.199 e. The van der Waals surface area contributed by atoms with E-state index < -0.39 is 15.6 Å². The Balaban J connectivity index is 2.19. The Hall–Kier alpha value is -1.90. The predicted octanol–water partition coefficient (Wildman–Crippen LogP) is 2.97. The molecule has 0 unspecified atom stereocenters. The molecule has 26 heavy (non-hydrogen) atoms. The fourth-order valence-corrected chi connectivity index (χ4v) is 4.30. The van der Waals surface area contributed by atoms with Crippen LogP contribution in [0.5, 0.6) is 0 Å². The van der Waals surface area contributed by atoms with Crippen molar-refractivity contribution in [3.05, 3.63) is 45.2 Å². The number of rotatable bonds is 5. The van der Waals surface area contributed by atoms with Gasteiger partial charge in [0, 0.05) is 30.3 Å². The number of sulfone groups is 1. The topological polar surface area (TPSA) is 90.6 Å². The van der Waals surface area contributed by atoms with E-state index >= 15 is 0 Å². The largest absolute Gasteiger partial charge is 0.395 e. The van der Waals surface area contributed by atoms with E-state index in [0.29, 0.717) is 25.3 Å². The summed E-state index contributed by atoms with van der Waals surface area (Å²) < 4.78 is 25.7. The number of carbonyl (C=O) groups excluding carboxylic acids is 1. The van der Waals surface area contributed by atoms with Crippen molar-refractivity contribution in [3.8, 4) is 0 Å². The zero-order valence-electron chi connectivity index (χ0n) is 14.0. The smallest absolute Gasteiger partial charge is 0.199 e. The fourth-order valence-electron chi connectivity index (χ4n) is 2.68. The molecule has 2 heterocycles. The summed E-state index contributed by atoms with van der Waals surface area (Å²) in [6.45, 7) is 2.67. The molecule has 0 amide bonds. The van der Waals surface area contributed by atoms with E-state index in [1.807, 2.05) is 6.92 Å². The van der Waals surface area contributed by atoms with Crippen molar-refractivity contribution >= 4 is 44.5 Å². The number of carbonyl (C=O) groups is 1. The van der Waals surface area contributed by atoms with Crippen LogP contribution in [0.3, 0.4) is 0 Å². The summed E-state index contributed by atoms with van der Waals surface area (Å²) in [5.41, 5.74) is 0.899. The number of oxime groups is 1. The van der Waals surface area contributed by atoms with E-state index in [2.05, 4.69) is 10.3 Å². The van der Waals surface area contributed by atoms with Crippen molar-refractivity contribution in [1.82, 2.24) is 9.78 Å². The Morgan fingerprint density at radius 2 is 2.04 bits per heavy atom. The van der Waals surface area contributed by atoms with Crippen LogP contribution in [0.1, 0.15) is 34.8 Å². The zero-order valence-corrected chi connectivity index (χ0v) is 16.3. The normalized spacial score (nSPS) is 14.2. The van der Waals surface area contributed by atoms with Gasteiger partial charge in [0.1, 0.15) is 11.8 Å². The Morgan fingerprint density at radius 3 is 2.58 bits per heavy atom. The van der Waals surface area contributed by atoms with Gasteiger partial charge in [-0.25, -0.2) is 8.42 Å². The molecule has 7 nitrogen and oxygen atoms in total. The van der Waals surface area contributed by atoms with Crippen LogP contribution in [-0.2, 0) is 21.2 Å². The van der Waals surface area contributed by atoms with Gasteiger partial charge < -0.3 is 4.84 Å². The third-order valence-electron chi connectivity index (χ3n) is 3.96. The van der Waals surface area contributed by atoms with Gasteiger partial charge in [-0.15, -0.1) is 0 Å². The van der Waals surface area contributed by atoms with Gasteiger partial charge >= 0.3 is 0 Å². The van der Waals surface area contributed by atoms with Gasteiger partial charge in [-0.1, -0.05) is 28.4 Å². The second-order valence-corrected chi connectivity index (χ2v) is 8.41. The molecule has 0 radical (unpaired) electrons. The van der Waals surface area contributed by atoms with E-state index in [0.717, 1.165) is 6.26 Å². The molecule has 1 aliphatic rings. The minimum Gasteiger partial charge on any atom is -0.395 e. The molecule has 0 bridgehead atoms. The number of aromatic nitrogens is 2.